The van der Waals surface area contributed by atoms with Gasteiger partial charge in [-0.05, 0) is 35.6 Å². The van der Waals surface area contributed by atoms with Gasteiger partial charge in [-0.15, -0.1) is 11.3 Å². The number of hydrogen-bond donors (Lipinski definition) is 1. The molecule has 0 spiro atoms. The summed E-state index contributed by atoms with van der Waals surface area (Å²) in [7, 11) is 0. The van der Waals surface area contributed by atoms with Gasteiger partial charge in [0.2, 0.25) is 0 Å². The molecule has 32 heavy (non-hydrogen) atoms. The average molecular weight is 445 g/mol. The first-order valence-corrected chi connectivity index (χ1v) is 11.2. The van der Waals surface area contributed by atoms with E-state index in [0.29, 0.717) is 16.5 Å². The molecule has 3 aromatic rings. The molecule has 1 amide bonds. The minimum atomic E-state index is -0.576. The van der Waals surface area contributed by atoms with Gasteiger partial charge in [0.15, 0.2) is 0 Å². The van der Waals surface area contributed by atoms with Crippen molar-refractivity contribution in [3.8, 4) is 17.2 Å². The Balaban J connectivity index is 1.91. The zero-order valence-electron chi connectivity index (χ0n) is 18.2. The lowest BCUT2D eigenvalue weighted by Gasteiger charge is -2.09. The zero-order chi connectivity index (χ0) is 23.1. The highest BCUT2D eigenvalue weighted by Gasteiger charge is 2.23. The number of ether oxygens (including phenoxy) is 1. The first-order valence-electron chi connectivity index (χ1n) is 10.3. The topological polar surface area (TPSA) is 79.2 Å². The smallest absolute Gasteiger partial charge is 0.341 e. The molecule has 0 aliphatic carbocycles. The normalized spacial score (nSPS) is 11.2. The monoisotopic (exact) mass is 444 g/mol. The number of rotatable bonds is 7. The second-order valence-corrected chi connectivity index (χ2v) is 8.26. The molecule has 6 heteroatoms. The Labute approximate surface area is 192 Å². The van der Waals surface area contributed by atoms with E-state index in [-0.39, 0.29) is 17.7 Å². The van der Waals surface area contributed by atoms with E-state index >= 15 is 0 Å². The molecular formula is C26H24N2O3S. The average Bonchev–Trinajstić information content (AvgIpc) is 3.22. The number of hydrogen-bond acceptors (Lipinski definition) is 5. The van der Waals surface area contributed by atoms with Crippen molar-refractivity contribution in [1.82, 2.24) is 0 Å². The largest absolute Gasteiger partial charge is 0.462 e. The minimum Gasteiger partial charge on any atom is -0.462 e. The molecule has 162 valence electrons. The lowest BCUT2D eigenvalue weighted by Crippen LogP contribution is -2.16. The Morgan fingerprint density at radius 2 is 1.81 bits per heavy atom. The van der Waals surface area contributed by atoms with E-state index in [0.717, 1.165) is 11.1 Å². The van der Waals surface area contributed by atoms with Gasteiger partial charge in [-0.2, -0.15) is 5.26 Å². The molecule has 0 fully saturated rings. The van der Waals surface area contributed by atoms with Crippen molar-refractivity contribution in [1.29, 1.82) is 5.26 Å². The Kier molecular flexibility index (Phi) is 7.58. The van der Waals surface area contributed by atoms with Gasteiger partial charge in [0.1, 0.15) is 22.2 Å². The van der Waals surface area contributed by atoms with E-state index in [4.69, 9.17) is 4.74 Å². The number of nitrogens with zero attached hydrogens (tertiary/aromatic N) is 1. The summed E-state index contributed by atoms with van der Waals surface area (Å²) >= 11 is 1.22. The van der Waals surface area contributed by atoms with Crippen LogP contribution in [-0.2, 0) is 9.53 Å². The van der Waals surface area contributed by atoms with E-state index in [9.17, 15) is 14.9 Å². The van der Waals surface area contributed by atoms with Crippen LogP contribution >= 0.6 is 11.3 Å². The van der Waals surface area contributed by atoms with E-state index < -0.39 is 11.9 Å². The van der Waals surface area contributed by atoms with Crippen LogP contribution in [0.2, 0.25) is 0 Å². The quantitative estimate of drug-likeness (QED) is 0.265. The molecule has 1 aromatic heterocycles. The fraction of sp³-hybridized carbons (Fsp3) is 0.192. The standard InChI is InChI=1S/C26H24N2O3S/c1-4-31-26(30)23-22(20-8-6-5-7-9-20)16-32-25(23)28-24(29)21(15-27)14-18-10-12-19(13-11-18)17(2)3/h5-14,16-17H,4H2,1-3H3,(H,28,29)/b21-14-. The van der Waals surface area contributed by atoms with E-state index in [1.165, 1.54) is 23.0 Å². The molecule has 0 unspecified atom stereocenters. The highest BCUT2D eigenvalue weighted by atomic mass is 32.1. The summed E-state index contributed by atoms with van der Waals surface area (Å²) in [5, 5.41) is 14.4. The number of carbonyl (C=O) groups excluding carboxylic acids is 2. The van der Waals surface area contributed by atoms with Crippen LogP contribution in [0.3, 0.4) is 0 Å². The van der Waals surface area contributed by atoms with Crippen LogP contribution in [0.1, 0.15) is 48.2 Å². The Hall–Kier alpha value is -3.69. The summed E-state index contributed by atoms with van der Waals surface area (Å²) < 4.78 is 5.22. The molecule has 0 aliphatic heterocycles. The molecule has 0 atom stereocenters. The van der Waals surface area contributed by atoms with Crippen LogP contribution in [0.25, 0.3) is 17.2 Å². The van der Waals surface area contributed by atoms with Crippen molar-refractivity contribution in [2.45, 2.75) is 26.7 Å². The third-order valence-corrected chi connectivity index (χ3v) is 5.76. The van der Waals surface area contributed by atoms with E-state index in [1.54, 1.807) is 12.3 Å². The van der Waals surface area contributed by atoms with Crippen molar-refractivity contribution >= 4 is 34.3 Å². The number of thiophene rings is 1. The Bertz CT molecular complexity index is 1170. The van der Waals surface area contributed by atoms with Crippen molar-refractivity contribution in [3.63, 3.8) is 0 Å². The van der Waals surface area contributed by atoms with Gasteiger partial charge in [0.05, 0.1) is 6.61 Å². The zero-order valence-corrected chi connectivity index (χ0v) is 19.0. The summed E-state index contributed by atoms with van der Waals surface area (Å²) in [5.41, 5.74) is 3.69. The second-order valence-electron chi connectivity index (χ2n) is 7.39. The summed E-state index contributed by atoms with van der Waals surface area (Å²) in [6.07, 6.45) is 1.54. The van der Waals surface area contributed by atoms with Gasteiger partial charge < -0.3 is 10.1 Å². The lowest BCUT2D eigenvalue weighted by molar-refractivity contribution is -0.112. The predicted octanol–water partition coefficient (Wildman–Crippen LogP) is 6.26. The molecule has 0 saturated heterocycles. The van der Waals surface area contributed by atoms with Gasteiger partial charge in [-0.25, -0.2) is 4.79 Å². The van der Waals surface area contributed by atoms with Gasteiger partial charge in [0.25, 0.3) is 5.91 Å². The third kappa shape index (κ3) is 5.32. The maximum atomic E-state index is 12.9. The number of amides is 1. The first kappa shape index (κ1) is 23.0. The summed E-state index contributed by atoms with van der Waals surface area (Å²) in [5.74, 6) is -0.701. The maximum absolute atomic E-state index is 12.9. The van der Waals surface area contributed by atoms with Gasteiger partial charge in [-0.1, -0.05) is 68.4 Å². The Morgan fingerprint density at radius 3 is 2.41 bits per heavy atom. The van der Waals surface area contributed by atoms with Crippen LogP contribution in [0.5, 0.6) is 0 Å². The van der Waals surface area contributed by atoms with Crippen LogP contribution in [0.15, 0.2) is 65.6 Å². The maximum Gasteiger partial charge on any atom is 0.341 e. The predicted molar refractivity (Wildman–Crippen MR) is 128 cm³/mol. The van der Waals surface area contributed by atoms with Crippen LogP contribution in [0, 0.1) is 11.3 Å². The number of benzene rings is 2. The van der Waals surface area contributed by atoms with Gasteiger partial charge >= 0.3 is 5.97 Å². The molecule has 2 aromatic carbocycles. The first-order chi connectivity index (χ1) is 15.4. The van der Waals surface area contributed by atoms with Crippen molar-refractivity contribution in [2.24, 2.45) is 0 Å². The number of nitrogens with one attached hydrogen (secondary N) is 1. The van der Waals surface area contributed by atoms with Crippen molar-refractivity contribution in [2.75, 3.05) is 11.9 Å². The number of esters is 1. The molecule has 0 radical (unpaired) electrons. The number of anilines is 1. The van der Waals surface area contributed by atoms with Crippen molar-refractivity contribution in [3.05, 3.63) is 82.2 Å². The summed E-state index contributed by atoms with van der Waals surface area (Å²) in [6.45, 7) is 6.15. The third-order valence-electron chi connectivity index (χ3n) is 4.86. The van der Waals surface area contributed by atoms with Crippen LogP contribution in [0.4, 0.5) is 5.00 Å². The molecule has 0 aliphatic rings. The second kappa shape index (κ2) is 10.6. The molecule has 0 saturated carbocycles. The van der Waals surface area contributed by atoms with Crippen LogP contribution < -0.4 is 5.32 Å². The van der Waals surface area contributed by atoms with E-state index in [2.05, 4.69) is 19.2 Å². The van der Waals surface area contributed by atoms with E-state index in [1.807, 2.05) is 60.7 Å². The Morgan fingerprint density at radius 1 is 1.12 bits per heavy atom. The van der Waals surface area contributed by atoms with Gasteiger partial charge in [-0.3, -0.25) is 4.79 Å². The summed E-state index contributed by atoms with van der Waals surface area (Å²) in [4.78, 5) is 25.5. The molecular weight excluding hydrogens is 420 g/mol. The highest BCUT2D eigenvalue weighted by molar-refractivity contribution is 7.15. The number of carbonyl (C=O) groups is 2. The molecule has 1 heterocycles. The molecule has 1 N–H and O–H groups in total. The fourth-order valence-electron chi connectivity index (χ4n) is 3.15. The molecule has 0 bridgehead atoms. The summed E-state index contributed by atoms with van der Waals surface area (Å²) in [6, 6.07) is 19.1. The fourth-order valence-corrected chi connectivity index (χ4v) is 4.10. The van der Waals surface area contributed by atoms with Crippen LogP contribution in [-0.4, -0.2) is 18.5 Å². The van der Waals surface area contributed by atoms with Crippen molar-refractivity contribution < 1.29 is 14.3 Å². The number of nitriles is 1. The minimum absolute atomic E-state index is 0.0493. The molecule has 3 rings (SSSR count). The molecule has 5 nitrogen and oxygen atoms in total. The highest BCUT2D eigenvalue weighted by Crippen LogP contribution is 2.36. The van der Waals surface area contributed by atoms with Gasteiger partial charge in [0, 0.05) is 10.9 Å². The SMILES string of the molecule is CCOC(=O)c1c(-c2ccccc2)csc1NC(=O)/C(C#N)=C\c1ccc(C(C)C)cc1. The lowest BCUT2D eigenvalue weighted by atomic mass is 10.0.